The van der Waals surface area contributed by atoms with Crippen LogP contribution in [0.1, 0.15) is 5.56 Å². The lowest BCUT2D eigenvalue weighted by Crippen LogP contribution is -2.52. The van der Waals surface area contributed by atoms with E-state index in [0.29, 0.717) is 19.8 Å². The Hall–Kier alpha value is -1.88. The van der Waals surface area contributed by atoms with Crippen molar-refractivity contribution in [2.24, 2.45) is 0 Å². The summed E-state index contributed by atoms with van der Waals surface area (Å²) in [5, 5.41) is 11.0. The molecule has 0 saturated carbocycles. The third kappa shape index (κ3) is 2.53. The van der Waals surface area contributed by atoms with Gasteiger partial charge in [-0.25, -0.2) is 4.98 Å². The number of aliphatic hydroxyl groups is 1. The van der Waals surface area contributed by atoms with Gasteiger partial charge in [0.15, 0.2) is 0 Å². The fourth-order valence-electron chi connectivity index (χ4n) is 3.02. The standard InChI is InChI=1S/C18H17ClN2O2/c1-12-14(3-2-4-15(12)19)13-5-6-17-16(7-13)20-11-21(17)8-18(22)9-23-10-18/h2-7,11,22H,8-10H2,1H3. The van der Waals surface area contributed by atoms with Gasteiger partial charge in [0.2, 0.25) is 0 Å². The predicted octanol–water partition coefficient (Wildman–Crippen LogP) is 3.43. The number of fused-ring (bicyclic) bond motifs is 1. The maximum atomic E-state index is 10.3. The van der Waals surface area contributed by atoms with Gasteiger partial charge in [0.05, 0.1) is 37.1 Å². The molecule has 3 aromatic rings. The zero-order chi connectivity index (χ0) is 16.0. The maximum Gasteiger partial charge on any atom is 0.129 e. The van der Waals surface area contributed by atoms with Gasteiger partial charge in [-0.05, 0) is 41.8 Å². The average Bonchev–Trinajstić information content (AvgIpc) is 2.90. The van der Waals surface area contributed by atoms with E-state index < -0.39 is 5.60 Å². The van der Waals surface area contributed by atoms with E-state index >= 15 is 0 Å². The molecule has 118 valence electrons. The molecule has 23 heavy (non-hydrogen) atoms. The predicted molar refractivity (Wildman–Crippen MR) is 90.7 cm³/mol. The van der Waals surface area contributed by atoms with Crippen molar-refractivity contribution in [2.75, 3.05) is 13.2 Å². The molecule has 0 bridgehead atoms. The van der Waals surface area contributed by atoms with Gasteiger partial charge in [0.1, 0.15) is 5.60 Å². The summed E-state index contributed by atoms with van der Waals surface area (Å²) in [7, 11) is 0. The zero-order valence-electron chi connectivity index (χ0n) is 12.8. The van der Waals surface area contributed by atoms with Crippen molar-refractivity contribution < 1.29 is 9.84 Å². The molecule has 5 heteroatoms. The van der Waals surface area contributed by atoms with Gasteiger partial charge in [0, 0.05) is 5.02 Å². The number of rotatable bonds is 3. The Morgan fingerprint density at radius 1 is 1.30 bits per heavy atom. The largest absolute Gasteiger partial charge is 0.383 e. The van der Waals surface area contributed by atoms with Crippen LogP contribution in [-0.4, -0.2) is 33.5 Å². The van der Waals surface area contributed by atoms with E-state index in [-0.39, 0.29) is 0 Å². The van der Waals surface area contributed by atoms with Crippen molar-refractivity contribution in [3.8, 4) is 11.1 Å². The summed E-state index contributed by atoms with van der Waals surface area (Å²) in [5.74, 6) is 0. The molecule has 1 fully saturated rings. The van der Waals surface area contributed by atoms with Crippen LogP contribution in [0, 0.1) is 6.92 Å². The molecule has 2 heterocycles. The molecule has 4 nitrogen and oxygen atoms in total. The molecule has 4 rings (SSSR count). The minimum atomic E-state index is -0.768. The van der Waals surface area contributed by atoms with E-state index in [1.165, 1.54) is 0 Å². The van der Waals surface area contributed by atoms with Crippen LogP contribution in [0.3, 0.4) is 0 Å². The number of nitrogens with zero attached hydrogens (tertiary/aromatic N) is 2. The molecule has 0 unspecified atom stereocenters. The van der Waals surface area contributed by atoms with Crippen molar-refractivity contribution in [1.82, 2.24) is 9.55 Å². The highest BCUT2D eigenvalue weighted by atomic mass is 35.5. The van der Waals surface area contributed by atoms with Crippen molar-refractivity contribution in [2.45, 2.75) is 19.1 Å². The third-order valence-electron chi connectivity index (χ3n) is 4.41. The molecule has 1 aliphatic rings. The summed E-state index contributed by atoms with van der Waals surface area (Å²) in [5.41, 5.74) is 4.41. The zero-order valence-corrected chi connectivity index (χ0v) is 13.5. The van der Waals surface area contributed by atoms with Crippen molar-refractivity contribution in [1.29, 1.82) is 0 Å². The van der Waals surface area contributed by atoms with Crippen LogP contribution in [0.2, 0.25) is 5.02 Å². The second-order valence-corrected chi connectivity index (χ2v) is 6.61. The quantitative estimate of drug-likeness (QED) is 0.801. The number of halogens is 1. The summed E-state index contributed by atoms with van der Waals surface area (Å²) in [6.45, 7) is 3.28. The summed E-state index contributed by atoms with van der Waals surface area (Å²) < 4.78 is 7.08. The van der Waals surface area contributed by atoms with Crippen molar-refractivity contribution in [3.63, 3.8) is 0 Å². The molecule has 1 saturated heterocycles. The summed E-state index contributed by atoms with van der Waals surface area (Å²) >= 11 is 6.22. The fourth-order valence-corrected chi connectivity index (χ4v) is 3.20. The molecule has 0 atom stereocenters. The van der Waals surface area contributed by atoms with Crippen LogP contribution in [0.5, 0.6) is 0 Å². The van der Waals surface area contributed by atoms with Crippen LogP contribution in [0.15, 0.2) is 42.7 Å². The molecule has 1 aliphatic heterocycles. The first kappa shape index (κ1) is 14.7. The molecule has 2 aromatic carbocycles. The molecule has 1 aromatic heterocycles. The second-order valence-electron chi connectivity index (χ2n) is 6.21. The van der Waals surface area contributed by atoms with Gasteiger partial charge in [0.25, 0.3) is 0 Å². The minimum absolute atomic E-state index is 0.381. The van der Waals surface area contributed by atoms with Crippen LogP contribution in [-0.2, 0) is 11.3 Å². The summed E-state index contributed by atoms with van der Waals surface area (Å²) in [6, 6.07) is 12.1. The van der Waals surface area contributed by atoms with Gasteiger partial charge < -0.3 is 14.4 Å². The highest BCUT2D eigenvalue weighted by Gasteiger charge is 2.36. The van der Waals surface area contributed by atoms with E-state index in [0.717, 1.165) is 32.7 Å². The highest BCUT2D eigenvalue weighted by Crippen LogP contribution is 2.30. The second kappa shape index (κ2) is 5.34. The monoisotopic (exact) mass is 328 g/mol. The Morgan fingerprint density at radius 3 is 2.87 bits per heavy atom. The lowest BCUT2D eigenvalue weighted by Gasteiger charge is -2.36. The smallest absolute Gasteiger partial charge is 0.129 e. The number of ether oxygens (including phenoxy) is 1. The average molecular weight is 329 g/mol. The first-order chi connectivity index (χ1) is 11.1. The number of aromatic nitrogens is 2. The molecule has 0 amide bonds. The Morgan fingerprint density at radius 2 is 2.13 bits per heavy atom. The van der Waals surface area contributed by atoms with E-state index in [1.54, 1.807) is 6.33 Å². The van der Waals surface area contributed by atoms with Gasteiger partial charge in [-0.1, -0.05) is 29.8 Å². The Labute approximate surface area is 139 Å². The van der Waals surface area contributed by atoms with Gasteiger partial charge in [-0.15, -0.1) is 0 Å². The van der Waals surface area contributed by atoms with E-state index in [2.05, 4.69) is 23.2 Å². The Bertz CT molecular complexity index is 884. The topological polar surface area (TPSA) is 47.3 Å². The third-order valence-corrected chi connectivity index (χ3v) is 4.82. The SMILES string of the molecule is Cc1c(Cl)cccc1-c1ccc2c(c1)ncn2CC1(O)COC1. The highest BCUT2D eigenvalue weighted by molar-refractivity contribution is 6.31. The normalized spacial score (nSPS) is 16.5. The Kier molecular flexibility index (Phi) is 3.41. The molecule has 0 aliphatic carbocycles. The van der Waals surface area contributed by atoms with Gasteiger partial charge in [-0.3, -0.25) is 0 Å². The van der Waals surface area contributed by atoms with Crippen LogP contribution in [0.4, 0.5) is 0 Å². The van der Waals surface area contributed by atoms with Gasteiger partial charge in [-0.2, -0.15) is 0 Å². The van der Waals surface area contributed by atoms with Gasteiger partial charge >= 0.3 is 0 Å². The number of hydrogen-bond donors (Lipinski definition) is 1. The Balaban J connectivity index is 1.73. The van der Waals surface area contributed by atoms with Crippen LogP contribution in [0.25, 0.3) is 22.2 Å². The number of hydrogen-bond acceptors (Lipinski definition) is 3. The number of imidazole rings is 1. The van der Waals surface area contributed by atoms with E-state index in [1.807, 2.05) is 29.7 Å². The maximum absolute atomic E-state index is 10.3. The first-order valence-corrected chi connectivity index (χ1v) is 7.94. The van der Waals surface area contributed by atoms with Crippen LogP contribution < -0.4 is 0 Å². The van der Waals surface area contributed by atoms with Crippen LogP contribution >= 0.6 is 11.6 Å². The lowest BCUT2D eigenvalue weighted by molar-refractivity contribution is -0.184. The molecular weight excluding hydrogens is 312 g/mol. The number of benzene rings is 2. The molecule has 1 N–H and O–H groups in total. The van der Waals surface area contributed by atoms with Crippen molar-refractivity contribution >= 4 is 22.6 Å². The van der Waals surface area contributed by atoms with Crippen molar-refractivity contribution in [3.05, 3.63) is 53.3 Å². The molecule has 0 spiro atoms. The molecular formula is C18H17ClN2O2. The summed E-state index contributed by atoms with van der Waals surface area (Å²) in [4.78, 5) is 4.48. The molecule has 0 radical (unpaired) electrons. The lowest BCUT2D eigenvalue weighted by atomic mass is 10.00. The van der Waals surface area contributed by atoms with E-state index in [4.69, 9.17) is 16.3 Å². The first-order valence-electron chi connectivity index (χ1n) is 7.56. The fraction of sp³-hybridized carbons (Fsp3) is 0.278. The summed E-state index contributed by atoms with van der Waals surface area (Å²) in [6.07, 6.45) is 1.77. The minimum Gasteiger partial charge on any atom is -0.383 e. The van der Waals surface area contributed by atoms with E-state index in [9.17, 15) is 5.11 Å².